The molecule has 0 aliphatic rings. The molecule has 0 fully saturated rings. The van der Waals surface area contributed by atoms with Gasteiger partial charge in [-0.15, -0.1) is 0 Å². The topological polar surface area (TPSA) is 54.4 Å². The molecule has 4 heteroatoms. The molecule has 1 rings (SSSR count). The predicted octanol–water partition coefficient (Wildman–Crippen LogP) is 2.44. The van der Waals surface area contributed by atoms with Crippen molar-refractivity contribution in [1.29, 1.82) is 0 Å². The largest absolute Gasteiger partial charge is 0.481 e. The first-order valence-electron chi connectivity index (χ1n) is 5.09. The van der Waals surface area contributed by atoms with E-state index in [-0.39, 0.29) is 12.0 Å². The average molecular weight is 224 g/mol. The number of halogens is 1. The molecule has 0 saturated carbocycles. The van der Waals surface area contributed by atoms with Crippen molar-refractivity contribution in [1.82, 2.24) is 0 Å². The summed E-state index contributed by atoms with van der Waals surface area (Å²) in [4.78, 5) is 20.7. The van der Waals surface area contributed by atoms with E-state index in [1.54, 1.807) is 6.07 Å². The van der Waals surface area contributed by atoms with E-state index in [1.165, 1.54) is 12.1 Å². The van der Waals surface area contributed by atoms with Gasteiger partial charge in [0.25, 0.3) is 0 Å². The molecule has 0 spiro atoms. The van der Waals surface area contributed by atoms with Crippen molar-refractivity contribution in [3.63, 3.8) is 0 Å². The number of aldehydes is 1. The van der Waals surface area contributed by atoms with Crippen LogP contribution in [-0.2, 0) is 11.2 Å². The van der Waals surface area contributed by atoms with E-state index >= 15 is 0 Å². The summed E-state index contributed by atoms with van der Waals surface area (Å²) in [5.74, 6) is -1.34. The summed E-state index contributed by atoms with van der Waals surface area (Å²) in [6, 6.07) is 4.38. The molecule has 0 aromatic heterocycles. The lowest BCUT2D eigenvalue weighted by Crippen LogP contribution is -1.96. The van der Waals surface area contributed by atoms with Gasteiger partial charge in [-0.05, 0) is 37.0 Å². The van der Waals surface area contributed by atoms with Gasteiger partial charge in [-0.2, -0.15) is 0 Å². The van der Waals surface area contributed by atoms with Crippen molar-refractivity contribution < 1.29 is 19.1 Å². The molecule has 0 bridgehead atoms. The minimum absolute atomic E-state index is 0.0516. The fraction of sp³-hybridized carbons (Fsp3) is 0.333. The quantitative estimate of drug-likeness (QED) is 0.596. The number of hydrogen-bond acceptors (Lipinski definition) is 2. The van der Waals surface area contributed by atoms with Crippen molar-refractivity contribution in [2.45, 2.75) is 25.7 Å². The van der Waals surface area contributed by atoms with Gasteiger partial charge in [0, 0.05) is 6.42 Å². The van der Waals surface area contributed by atoms with Crippen molar-refractivity contribution in [3.8, 4) is 0 Å². The smallest absolute Gasteiger partial charge is 0.303 e. The lowest BCUT2D eigenvalue weighted by atomic mass is 10.0. The van der Waals surface area contributed by atoms with Crippen LogP contribution in [0.5, 0.6) is 0 Å². The second-order valence-electron chi connectivity index (χ2n) is 3.57. The zero-order valence-electron chi connectivity index (χ0n) is 8.78. The van der Waals surface area contributed by atoms with Gasteiger partial charge in [0.2, 0.25) is 0 Å². The molecule has 3 nitrogen and oxygen atoms in total. The number of carbonyl (C=O) groups is 2. The highest BCUT2D eigenvalue weighted by Gasteiger charge is 2.03. The van der Waals surface area contributed by atoms with Crippen LogP contribution >= 0.6 is 0 Å². The zero-order valence-corrected chi connectivity index (χ0v) is 8.78. The Kier molecular flexibility index (Phi) is 4.64. The van der Waals surface area contributed by atoms with Crippen LogP contribution in [0.2, 0.25) is 0 Å². The molecule has 0 heterocycles. The molecule has 0 atom stereocenters. The van der Waals surface area contributed by atoms with Crippen LogP contribution in [0.25, 0.3) is 0 Å². The predicted molar refractivity (Wildman–Crippen MR) is 57.0 cm³/mol. The summed E-state index contributed by atoms with van der Waals surface area (Å²) >= 11 is 0. The summed E-state index contributed by atoms with van der Waals surface area (Å²) in [6.07, 6.45) is 2.59. The Morgan fingerprint density at radius 3 is 2.75 bits per heavy atom. The summed E-state index contributed by atoms with van der Waals surface area (Å²) in [5.41, 5.74) is 0.907. The van der Waals surface area contributed by atoms with Crippen LogP contribution in [-0.4, -0.2) is 17.4 Å². The highest BCUT2D eigenvalue weighted by atomic mass is 19.1. The van der Waals surface area contributed by atoms with Crippen LogP contribution in [0, 0.1) is 5.82 Å². The van der Waals surface area contributed by atoms with Crippen LogP contribution in [0.4, 0.5) is 4.39 Å². The molecular weight excluding hydrogens is 211 g/mol. The van der Waals surface area contributed by atoms with E-state index in [0.29, 0.717) is 19.1 Å². The summed E-state index contributed by atoms with van der Waals surface area (Å²) in [5, 5.41) is 8.43. The van der Waals surface area contributed by atoms with E-state index in [0.717, 1.165) is 12.0 Å². The Bertz CT molecular complexity index is 388. The van der Waals surface area contributed by atoms with E-state index in [1.807, 2.05) is 0 Å². The van der Waals surface area contributed by atoms with Crippen LogP contribution < -0.4 is 0 Å². The number of carboxylic acids is 1. The Hall–Kier alpha value is -1.71. The van der Waals surface area contributed by atoms with E-state index < -0.39 is 11.8 Å². The second-order valence-corrected chi connectivity index (χ2v) is 3.57. The van der Waals surface area contributed by atoms with Crippen LogP contribution in [0.1, 0.15) is 35.2 Å². The maximum absolute atomic E-state index is 13.0. The molecule has 0 amide bonds. The summed E-state index contributed by atoms with van der Waals surface area (Å²) < 4.78 is 13.0. The summed E-state index contributed by atoms with van der Waals surface area (Å²) in [6.45, 7) is 0. The number of benzene rings is 1. The molecule has 1 aromatic rings. The average Bonchev–Trinajstić information content (AvgIpc) is 2.26. The molecule has 86 valence electrons. The van der Waals surface area contributed by atoms with Crippen LogP contribution in [0.3, 0.4) is 0 Å². The highest BCUT2D eigenvalue weighted by molar-refractivity contribution is 5.75. The first-order chi connectivity index (χ1) is 7.63. The molecule has 0 radical (unpaired) electrons. The maximum Gasteiger partial charge on any atom is 0.303 e. The third-order valence-electron chi connectivity index (χ3n) is 2.29. The lowest BCUT2D eigenvalue weighted by molar-refractivity contribution is -0.137. The fourth-order valence-electron chi connectivity index (χ4n) is 1.44. The van der Waals surface area contributed by atoms with Crippen molar-refractivity contribution in [2.75, 3.05) is 0 Å². The van der Waals surface area contributed by atoms with Crippen molar-refractivity contribution >= 4 is 12.3 Å². The number of carboxylic acid groups (broad SMARTS) is 1. The Morgan fingerprint density at radius 2 is 2.12 bits per heavy atom. The third-order valence-corrected chi connectivity index (χ3v) is 2.29. The minimum atomic E-state index is -0.812. The number of unbranched alkanes of at least 4 members (excludes halogenated alkanes) is 1. The zero-order chi connectivity index (χ0) is 12.0. The number of carbonyl (C=O) groups excluding carboxylic acids is 1. The normalized spacial score (nSPS) is 10.1. The van der Waals surface area contributed by atoms with Gasteiger partial charge >= 0.3 is 5.97 Å². The van der Waals surface area contributed by atoms with Gasteiger partial charge in [0.1, 0.15) is 5.82 Å². The molecule has 1 N–H and O–H groups in total. The first-order valence-corrected chi connectivity index (χ1v) is 5.09. The van der Waals surface area contributed by atoms with Gasteiger partial charge in [0.05, 0.1) is 5.56 Å². The highest BCUT2D eigenvalue weighted by Crippen LogP contribution is 2.11. The van der Waals surface area contributed by atoms with Crippen molar-refractivity contribution in [3.05, 3.63) is 35.1 Å². The van der Waals surface area contributed by atoms with E-state index in [2.05, 4.69) is 0 Å². The Balaban J connectivity index is 2.48. The monoisotopic (exact) mass is 224 g/mol. The molecule has 0 aliphatic carbocycles. The van der Waals surface area contributed by atoms with Gasteiger partial charge in [-0.3, -0.25) is 9.59 Å². The second kappa shape index (κ2) is 6.00. The first kappa shape index (κ1) is 12.4. The fourth-order valence-corrected chi connectivity index (χ4v) is 1.44. The van der Waals surface area contributed by atoms with Crippen molar-refractivity contribution in [2.24, 2.45) is 0 Å². The number of rotatable bonds is 6. The van der Waals surface area contributed by atoms with Crippen LogP contribution in [0.15, 0.2) is 18.2 Å². The molecular formula is C12H13FO3. The van der Waals surface area contributed by atoms with E-state index in [9.17, 15) is 14.0 Å². The van der Waals surface area contributed by atoms with Gasteiger partial charge in [-0.1, -0.05) is 6.07 Å². The Labute approximate surface area is 92.9 Å². The van der Waals surface area contributed by atoms with Gasteiger partial charge in [-0.25, -0.2) is 4.39 Å². The molecule has 16 heavy (non-hydrogen) atoms. The molecule has 0 unspecified atom stereocenters. The van der Waals surface area contributed by atoms with Gasteiger partial charge in [0.15, 0.2) is 6.29 Å². The molecule has 0 saturated heterocycles. The lowest BCUT2D eigenvalue weighted by Gasteiger charge is -2.02. The number of aliphatic carboxylic acids is 1. The van der Waals surface area contributed by atoms with Gasteiger partial charge < -0.3 is 5.11 Å². The maximum atomic E-state index is 13.0. The standard InChI is InChI=1S/C12H13FO3/c13-11-6-5-9(7-10(11)8-14)3-1-2-4-12(15)16/h5-8H,1-4H2,(H,15,16). The molecule has 1 aromatic carbocycles. The number of aryl methyl sites for hydroxylation is 1. The van der Waals surface area contributed by atoms with E-state index in [4.69, 9.17) is 5.11 Å². The summed E-state index contributed by atoms with van der Waals surface area (Å²) in [7, 11) is 0. The minimum Gasteiger partial charge on any atom is -0.481 e. The Morgan fingerprint density at radius 1 is 1.38 bits per heavy atom. The number of hydrogen-bond donors (Lipinski definition) is 1. The molecule has 0 aliphatic heterocycles. The SMILES string of the molecule is O=Cc1cc(CCCCC(=O)O)ccc1F. The third kappa shape index (κ3) is 3.81.